The topological polar surface area (TPSA) is 55.6 Å². The molecular weight excluding hydrogens is 327 g/mol. The largest absolute Gasteiger partial charge is 0.419 e. The summed E-state index contributed by atoms with van der Waals surface area (Å²) < 4.78 is 39.0. The molecule has 0 spiro atoms. The van der Waals surface area contributed by atoms with Gasteiger partial charge in [-0.25, -0.2) is 9.67 Å². The molecule has 9 heteroatoms. The molecule has 0 aliphatic carbocycles. The predicted octanol–water partition coefficient (Wildman–Crippen LogP) is 2.88. The van der Waals surface area contributed by atoms with Crippen LogP contribution in [0, 0.1) is 0 Å². The fourth-order valence-corrected chi connectivity index (χ4v) is 1.72. The Labute approximate surface area is 115 Å². The van der Waals surface area contributed by atoms with E-state index in [4.69, 9.17) is 0 Å². The van der Waals surface area contributed by atoms with E-state index in [0.717, 1.165) is 17.1 Å². The van der Waals surface area contributed by atoms with Gasteiger partial charge in [-0.15, -0.1) is 0 Å². The van der Waals surface area contributed by atoms with Crippen molar-refractivity contribution in [1.82, 2.24) is 19.7 Å². The van der Waals surface area contributed by atoms with Gasteiger partial charge in [0.1, 0.15) is 0 Å². The Balaban J connectivity index is 2.41. The van der Waals surface area contributed by atoms with Crippen molar-refractivity contribution in [2.45, 2.75) is 13.1 Å². The zero-order valence-electron chi connectivity index (χ0n) is 9.74. The number of halogens is 4. The second-order valence-electron chi connectivity index (χ2n) is 3.57. The highest BCUT2D eigenvalue weighted by Gasteiger charge is 2.32. The molecule has 0 aliphatic rings. The standard InChI is InChI=1S/C10H9BrF3N5/c1-2-15-9-16-4-7(11)8(18-9)19-5-6(3-17-19)10(12,13)14/h3-5H,2H2,1H3,(H,15,16,18). The number of hydrogen-bond donors (Lipinski definition) is 1. The van der Waals surface area contributed by atoms with Crippen LogP contribution in [0.5, 0.6) is 0 Å². The lowest BCUT2D eigenvalue weighted by Gasteiger charge is -2.06. The molecule has 102 valence electrons. The molecule has 0 atom stereocenters. The van der Waals surface area contributed by atoms with E-state index in [1.54, 1.807) is 0 Å². The quantitative estimate of drug-likeness (QED) is 0.937. The van der Waals surface area contributed by atoms with Gasteiger partial charge in [-0.2, -0.15) is 23.3 Å². The van der Waals surface area contributed by atoms with Crippen molar-refractivity contribution in [3.05, 3.63) is 28.6 Å². The van der Waals surface area contributed by atoms with Gasteiger partial charge in [0.15, 0.2) is 5.82 Å². The zero-order valence-corrected chi connectivity index (χ0v) is 11.3. The Morgan fingerprint density at radius 2 is 2.11 bits per heavy atom. The molecule has 0 amide bonds. The second kappa shape index (κ2) is 5.16. The zero-order chi connectivity index (χ0) is 14.0. The molecule has 5 nitrogen and oxygen atoms in total. The third-order valence-electron chi connectivity index (χ3n) is 2.19. The van der Waals surface area contributed by atoms with E-state index in [1.165, 1.54) is 6.20 Å². The van der Waals surface area contributed by atoms with Crippen LogP contribution in [0.1, 0.15) is 12.5 Å². The lowest BCUT2D eigenvalue weighted by molar-refractivity contribution is -0.137. The molecule has 2 heterocycles. The molecule has 0 fully saturated rings. The number of anilines is 1. The lowest BCUT2D eigenvalue weighted by atomic mass is 10.4. The Morgan fingerprint density at radius 1 is 1.37 bits per heavy atom. The van der Waals surface area contributed by atoms with Gasteiger partial charge in [-0.1, -0.05) is 0 Å². The van der Waals surface area contributed by atoms with E-state index in [-0.39, 0.29) is 5.82 Å². The number of rotatable bonds is 3. The molecule has 0 aliphatic heterocycles. The molecule has 2 rings (SSSR count). The third-order valence-corrected chi connectivity index (χ3v) is 2.75. The molecule has 2 aromatic heterocycles. The summed E-state index contributed by atoms with van der Waals surface area (Å²) in [6.07, 6.45) is -1.35. The molecule has 0 bridgehead atoms. The van der Waals surface area contributed by atoms with Crippen molar-refractivity contribution < 1.29 is 13.2 Å². The minimum absolute atomic E-state index is 0.237. The summed E-state index contributed by atoms with van der Waals surface area (Å²) in [7, 11) is 0. The Bertz CT molecular complexity index is 581. The third kappa shape index (κ3) is 3.03. The van der Waals surface area contributed by atoms with Crippen molar-refractivity contribution in [2.24, 2.45) is 0 Å². The number of nitrogens with zero attached hydrogens (tertiary/aromatic N) is 4. The minimum Gasteiger partial charge on any atom is -0.354 e. The fraction of sp³-hybridized carbons (Fsp3) is 0.300. The second-order valence-corrected chi connectivity index (χ2v) is 4.42. The summed E-state index contributed by atoms with van der Waals surface area (Å²) in [5.74, 6) is 0.561. The van der Waals surface area contributed by atoms with E-state index >= 15 is 0 Å². The van der Waals surface area contributed by atoms with Crippen molar-refractivity contribution >= 4 is 21.9 Å². The van der Waals surface area contributed by atoms with Crippen LogP contribution in [0.4, 0.5) is 19.1 Å². The van der Waals surface area contributed by atoms with Gasteiger partial charge in [0, 0.05) is 18.9 Å². The molecule has 0 saturated heterocycles. The first-order chi connectivity index (χ1) is 8.91. The summed E-state index contributed by atoms with van der Waals surface area (Å²) in [6, 6.07) is 0. The molecule has 0 unspecified atom stereocenters. The normalized spacial score (nSPS) is 11.6. The summed E-state index contributed by atoms with van der Waals surface area (Å²) in [5, 5.41) is 6.54. The highest BCUT2D eigenvalue weighted by molar-refractivity contribution is 9.10. The van der Waals surface area contributed by atoms with Crippen LogP contribution in [-0.2, 0) is 6.18 Å². The van der Waals surface area contributed by atoms with Gasteiger partial charge in [-0.05, 0) is 22.9 Å². The van der Waals surface area contributed by atoms with Crippen molar-refractivity contribution in [3.8, 4) is 5.82 Å². The molecule has 0 saturated carbocycles. The summed E-state index contributed by atoms with van der Waals surface area (Å²) in [4.78, 5) is 8.07. The maximum atomic E-state index is 12.5. The van der Waals surface area contributed by atoms with E-state index in [9.17, 15) is 13.2 Å². The average Bonchev–Trinajstić information content (AvgIpc) is 2.81. The molecule has 19 heavy (non-hydrogen) atoms. The highest BCUT2D eigenvalue weighted by Crippen LogP contribution is 2.29. The van der Waals surface area contributed by atoms with Crippen LogP contribution >= 0.6 is 15.9 Å². The van der Waals surface area contributed by atoms with Crippen LogP contribution < -0.4 is 5.32 Å². The van der Waals surface area contributed by atoms with Crippen molar-refractivity contribution in [2.75, 3.05) is 11.9 Å². The lowest BCUT2D eigenvalue weighted by Crippen LogP contribution is -2.07. The van der Waals surface area contributed by atoms with Crippen LogP contribution in [0.15, 0.2) is 23.1 Å². The Hall–Kier alpha value is -1.64. The first kappa shape index (κ1) is 13.8. The van der Waals surface area contributed by atoms with E-state index in [0.29, 0.717) is 17.0 Å². The van der Waals surface area contributed by atoms with Gasteiger partial charge in [0.05, 0.1) is 16.2 Å². The Morgan fingerprint density at radius 3 is 2.68 bits per heavy atom. The van der Waals surface area contributed by atoms with Crippen LogP contribution in [-0.4, -0.2) is 26.3 Å². The number of nitrogens with one attached hydrogen (secondary N) is 1. The first-order valence-corrected chi connectivity index (χ1v) is 6.09. The van der Waals surface area contributed by atoms with E-state index in [2.05, 4.69) is 36.3 Å². The predicted molar refractivity (Wildman–Crippen MR) is 66.0 cm³/mol. The van der Waals surface area contributed by atoms with Crippen molar-refractivity contribution in [3.63, 3.8) is 0 Å². The van der Waals surface area contributed by atoms with Crippen molar-refractivity contribution in [1.29, 1.82) is 0 Å². The van der Waals surface area contributed by atoms with Gasteiger partial charge >= 0.3 is 6.18 Å². The SMILES string of the molecule is CCNc1ncc(Br)c(-n2cc(C(F)(F)F)cn2)n1. The average molecular weight is 336 g/mol. The van der Waals surface area contributed by atoms with Gasteiger partial charge in [0.2, 0.25) is 5.95 Å². The van der Waals surface area contributed by atoms with Crippen LogP contribution in [0.2, 0.25) is 0 Å². The molecule has 0 radical (unpaired) electrons. The minimum atomic E-state index is -4.43. The van der Waals surface area contributed by atoms with Crippen LogP contribution in [0.25, 0.3) is 5.82 Å². The first-order valence-electron chi connectivity index (χ1n) is 5.30. The molecule has 1 N–H and O–H groups in total. The summed E-state index contributed by atoms with van der Waals surface area (Å²) in [6.45, 7) is 2.47. The maximum absolute atomic E-state index is 12.5. The summed E-state index contributed by atoms with van der Waals surface area (Å²) >= 11 is 3.18. The number of hydrogen-bond acceptors (Lipinski definition) is 4. The Kier molecular flexibility index (Phi) is 3.74. The van der Waals surface area contributed by atoms with Crippen LogP contribution in [0.3, 0.4) is 0 Å². The summed E-state index contributed by atoms with van der Waals surface area (Å²) in [5.41, 5.74) is -0.831. The maximum Gasteiger partial charge on any atom is 0.419 e. The van der Waals surface area contributed by atoms with Gasteiger partial charge < -0.3 is 5.32 Å². The smallest absolute Gasteiger partial charge is 0.354 e. The highest BCUT2D eigenvalue weighted by atomic mass is 79.9. The molecule has 2 aromatic rings. The van der Waals surface area contributed by atoms with E-state index < -0.39 is 11.7 Å². The molecule has 0 aromatic carbocycles. The number of alkyl halides is 3. The van der Waals surface area contributed by atoms with E-state index in [1.807, 2.05) is 6.92 Å². The molecular formula is C10H9BrF3N5. The van der Waals surface area contributed by atoms with Gasteiger partial charge in [0.25, 0.3) is 0 Å². The fourth-order valence-electron chi connectivity index (χ4n) is 1.35. The monoisotopic (exact) mass is 335 g/mol. The van der Waals surface area contributed by atoms with Gasteiger partial charge in [-0.3, -0.25) is 0 Å². The number of aromatic nitrogens is 4.